The molecule has 0 bridgehead atoms. The fraction of sp³-hybridized carbons (Fsp3) is 0.316. The Labute approximate surface area is 151 Å². The van der Waals surface area contributed by atoms with E-state index in [-0.39, 0.29) is 11.9 Å². The Hall–Kier alpha value is -2.93. The van der Waals surface area contributed by atoms with E-state index in [1.807, 2.05) is 13.0 Å². The fourth-order valence-corrected chi connectivity index (χ4v) is 3.09. The SMILES string of the molecule is C[C@@H](NC(=O)c1cn2ncccc2n1)c1ccc(N2CCOCC2)cc1. The molecule has 1 fully saturated rings. The molecule has 1 amide bonds. The molecule has 4 rings (SSSR count). The van der Waals surface area contributed by atoms with Crippen LogP contribution in [0.1, 0.15) is 29.0 Å². The van der Waals surface area contributed by atoms with Crippen LogP contribution in [-0.2, 0) is 4.74 Å². The minimum atomic E-state index is -0.208. The van der Waals surface area contributed by atoms with Crippen molar-refractivity contribution in [2.45, 2.75) is 13.0 Å². The summed E-state index contributed by atoms with van der Waals surface area (Å²) in [6, 6.07) is 11.8. The molecule has 1 aliphatic rings. The number of fused-ring (bicyclic) bond motifs is 1. The first-order valence-corrected chi connectivity index (χ1v) is 8.74. The summed E-state index contributed by atoms with van der Waals surface area (Å²) in [4.78, 5) is 19.1. The van der Waals surface area contributed by atoms with Crippen molar-refractivity contribution in [3.63, 3.8) is 0 Å². The molecule has 1 aromatic carbocycles. The number of nitrogens with zero attached hydrogens (tertiary/aromatic N) is 4. The van der Waals surface area contributed by atoms with Gasteiger partial charge in [-0.3, -0.25) is 4.79 Å². The number of benzene rings is 1. The van der Waals surface area contributed by atoms with E-state index >= 15 is 0 Å². The third kappa shape index (κ3) is 3.39. The minimum Gasteiger partial charge on any atom is -0.378 e. The number of rotatable bonds is 4. The van der Waals surface area contributed by atoms with Gasteiger partial charge in [0.15, 0.2) is 5.65 Å². The third-order valence-electron chi connectivity index (χ3n) is 4.59. The molecule has 1 aliphatic heterocycles. The summed E-state index contributed by atoms with van der Waals surface area (Å²) in [6.45, 7) is 5.32. The molecule has 1 N–H and O–H groups in total. The maximum absolute atomic E-state index is 12.5. The summed E-state index contributed by atoms with van der Waals surface area (Å²) in [5.41, 5.74) is 3.25. The van der Waals surface area contributed by atoms with Crippen LogP contribution in [0.25, 0.3) is 5.65 Å². The highest BCUT2D eigenvalue weighted by Gasteiger charge is 2.16. The van der Waals surface area contributed by atoms with E-state index in [4.69, 9.17) is 4.74 Å². The lowest BCUT2D eigenvalue weighted by Crippen LogP contribution is -2.36. The molecule has 0 aliphatic carbocycles. The lowest BCUT2D eigenvalue weighted by Gasteiger charge is -2.29. The highest BCUT2D eigenvalue weighted by molar-refractivity contribution is 5.93. The van der Waals surface area contributed by atoms with Crippen molar-refractivity contribution in [1.29, 1.82) is 0 Å². The molecule has 3 heterocycles. The predicted octanol–water partition coefficient (Wildman–Crippen LogP) is 2.06. The first-order valence-electron chi connectivity index (χ1n) is 8.74. The molecule has 1 atom stereocenters. The zero-order valence-electron chi connectivity index (χ0n) is 14.6. The fourth-order valence-electron chi connectivity index (χ4n) is 3.09. The Kier molecular flexibility index (Phi) is 4.53. The van der Waals surface area contributed by atoms with E-state index in [1.54, 1.807) is 23.0 Å². The highest BCUT2D eigenvalue weighted by atomic mass is 16.5. The van der Waals surface area contributed by atoms with Gasteiger partial charge in [-0.1, -0.05) is 12.1 Å². The summed E-state index contributed by atoms with van der Waals surface area (Å²) >= 11 is 0. The molecule has 1 saturated heterocycles. The van der Waals surface area contributed by atoms with E-state index in [0.29, 0.717) is 11.3 Å². The second-order valence-corrected chi connectivity index (χ2v) is 6.34. The van der Waals surface area contributed by atoms with Crippen molar-refractivity contribution < 1.29 is 9.53 Å². The maximum Gasteiger partial charge on any atom is 0.272 e. The topological polar surface area (TPSA) is 71.8 Å². The summed E-state index contributed by atoms with van der Waals surface area (Å²) in [5, 5.41) is 7.13. The number of aromatic nitrogens is 3. The number of anilines is 1. The molecule has 0 unspecified atom stereocenters. The monoisotopic (exact) mass is 351 g/mol. The molecular weight excluding hydrogens is 330 g/mol. The average Bonchev–Trinajstić information content (AvgIpc) is 3.13. The maximum atomic E-state index is 12.5. The first kappa shape index (κ1) is 16.5. The number of imidazole rings is 1. The van der Waals surface area contributed by atoms with Crippen LogP contribution in [0.2, 0.25) is 0 Å². The Balaban J connectivity index is 1.43. The largest absolute Gasteiger partial charge is 0.378 e. The lowest BCUT2D eigenvalue weighted by molar-refractivity contribution is 0.0935. The van der Waals surface area contributed by atoms with Crippen LogP contribution >= 0.6 is 0 Å². The van der Waals surface area contributed by atoms with Gasteiger partial charge in [-0.05, 0) is 36.8 Å². The second kappa shape index (κ2) is 7.13. The Bertz CT molecular complexity index is 867. The molecule has 3 aromatic rings. The Morgan fingerprint density at radius 2 is 1.96 bits per heavy atom. The van der Waals surface area contributed by atoms with E-state index < -0.39 is 0 Å². The second-order valence-electron chi connectivity index (χ2n) is 6.34. The normalized spacial score (nSPS) is 15.8. The zero-order chi connectivity index (χ0) is 17.9. The summed E-state index contributed by atoms with van der Waals surface area (Å²) < 4.78 is 6.98. The number of morpholine rings is 1. The van der Waals surface area contributed by atoms with Crippen molar-refractivity contribution in [2.24, 2.45) is 0 Å². The molecule has 0 saturated carbocycles. The number of carbonyl (C=O) groups is 1. The Morgan fingerprint density at radius 3 is 2.69 bits per heavy atom. The van der Waals surface area contributed by atoms with Crippen molar-refractivity contribution in [2.75, 3.05) is 31.2 Å². The van der Waals surface area contributed by atoms with Gasteiger partial charge in [0.05, 0.1) is 25.5 Å². The van der Waals surface area contributed by atoms with Crippen LogP contribution in [0, 0.1) is 0 Å². The van der Waals surface area contributed by atoms with Crippen molar-refractivity contribution in [3.8, 4) is 0 Å². The van der Waals surface area contributed by atoms with Gasteiger partial charge in [-0.2, -0.15) is 5.10 Å². The molecule has 7 nitrogen and oxygen atoms in total. The number of amides is 1. The van der Waals surface area contributed by atoms with Gasteiger partial charge in [0.2, 0.25) is 0 Å². The number of carbonyl (C=O) groups excluding carboxylic acids is 1. The van der Waals surface area contributed by atoms with Crippen LogP contribution in [-0.4, -0.2) is 46.8 Å². The van der Waals surface area contributed by atoms with Crippen LogP contribution in [0.4, 0.5) is 5.69 Å². The van der Waals surface area contributed by atoms with Gasteiger partial charge in [0, 0.05) is 25.0 Å². The molecule has 7 heteroatoms. The van der Waals surface area contributed by atoms with Crippen LogP contribution < -0.4 is 10.2 Å². The van der Waals surface area contributed by atoms with E-state index in [1.165, 1.54) is 5.69 Å². The summed E-state index contributed by atoms with van der Waals surface area (Å²) in [6.07, 6.45) is 3.30. The number of hydrogen-bond donors (Lipinski definition) is 1. The van der Waals surface area contributed by atoms with E-state index in [2.05, 4.69) is 44.6 Å². The van der Waals surface area contributed by atoms with Gasteiger partial charge in [-0.25, -0.2) is 9.50 Å². The van der Waals surface area contributed by atoms with Crippen molar-refractivity contribution in [1.82, 2.24) is 19.9 Å². The van der Waals surface area contributed by atoms with Gasteiger partial charge < -0.3 is 15.0 Å². The van der Waals surface area contributed by atoms with E-state index in [9.17, 15) is 4.79 Å². The highest BCUT2D eigenvalue weighted by Crippen LogP contribution is 2.20. The predicted molar refractivity (Wildman–Crippen MR) is 98.3 cm³/mol. The first-order chi connectivity index (χ1) is 12.7. The van der Waals surface area contributed by atoms with Crippen molar-refractivity contribution >= 4 is 17.2 Å². The van der Waals surface area contributed by atoms with Crippen molar-refractivity contribution in [3.05, 3.63) is 60.0 Å². The van der Waals surface area contributed by atoms with Gasteiger partial charge >= 0.3 is 0 Å². The zero-order valence-corrected chi connectivity index (χ0v) is 14.6. The summed E-state index contributed by atoms with van der Waals surface area (Å²) in [7, 11) is 0. The van der Waals surface area contributed by atoms with E-state index in [0.717, 1.165) is 31.9 Å². The molecule has 26 heavy (non-hydrogen) atoms. The quantitative estimate of drug-likeness (QED) is 0.779. The molecule has 134 valence electrons. The smallest absolute Gasteiger partial charge is 0.272 e. The number of hydrogen-bond acceptors (Lipinski definition) is 5. The molecule has 0 radical (unpaired) electrons. The molecule has 0 spiro atoms. The van der Waals surface area contributed by atoms with Crippen LogP contribution in [0.5, 0.6) is 0 Å². The number of nitrogens with one attached hydrogen (secondary N) is 1. The lowest BCUT2D eigenvalue weighted by atomic mass is 10.1. The molecular formula is C19H21N5O2. The van der Waals surface area contributed by atoms with Crippen LogP contribution in [0.3, 0.4) is 0 Å². The average molecular weight is 351 g/mol. The van der Waals surface area contributed by atoms with Crippen LogP contribution in [0.15, 0.2) is 48.8 Å². The standard InChI is InChI=1S/C19H21N5O2/c1-14(15-4-6-16(7-5-15)23-9-11-26-12-10-23)21-19(25)17-13-24-18(22-17)3-2-8-20-24/h2-8,13-14H,9-12H2,1H3,(H,21,25)/t14-/m1/s1. The van der Waals surface area contributed by atoms with Gasteiger partial charge in [0.1, 0.15) is 5.69 Å². The van der Waals surface area contributed by atoms with Gasteiger partial charge in [-0.15, -0.1) is 0 Å². The third-order valence-corrected chi connectivity index (χ3v) is 4.59. The van der Waals surface area contributed by atoms with Gasteiger partial charge in [0.25, 0.3) is 5.91 Å². The Morgan fingerprint density at radius 1 is 1.19 bits per heavy atom. The summed E-state index contributed by atoms with van der Waals surface area (Å²) in [5.74, 6) is -0.208. The number of ether oxygens (including phenoxy) is 1. The minimum absolute atomic E-state index is 0.112. The molecule has 2 aromatic heterocycles.